The van der Waals surface area contributed by atoms with Gasteiger partial charge < -0.3 is 19.0 Å². The molecule has 0 saturated heterocycles. The Morgan fingerprint density at radius 2 is 0.786 bits per heavy atom. The van der Waals surface area contributed by atoms with E-state index >= 15 is 0 Å². The fourth-order valence-electron chi connectivity index (χ4n) is 6.31. The van der Waals surface area contributed by atoms with Crippen molar-refractivity contribution in [1.82, 2.24) is 9.34 Å². The minimum Gasteiger partial charge on any atom is -0.364 e. The molecule has 0 spiro atoms. The maximum atomic E-state index is 2.66. The molecule has 2 aromatic carbocycles. The summed E-state index contributed by atoms with van der Waals surface area (Å²) in [5, 5.41) is 0. The summed E-state index contributed by atoms with van der Waals surface area (Å²) >= 11 is 0. The highest BCUT2D eigenvalue weighted by atomic mass is 31.1. The van der Waals surface area contributed by atoms with Gasteiger partial charge in [-0.05, 0) is 87.5 Å². The van der Waals surface area contributed by atoms with Gasteiger partial charge in [-0.3, -0.25) is 0 Å². The minimum absolute atomic E-state index is 0.0287. The van der Waals surface area contributed by atoms with Crippen LogP contribution in [0.2, 0.25) is 0 Å². The second-order valence-electron chi connectivity index (χ2n) is 15.3. The number of anilines is 2. The minimum atomic E-state index is -0.857. The van der Waals surface area contributed by atoms with Gasteiger partial charge in [-0.15, -0.1) is 0 Å². The average molecular weight is 587 g/mol. The molecule has 0 amide bonds. The summed E-state index contributed by atoms with van der Waals surface area (Å²) < 4.78 is 5.32. The van der Waals surface area contributed by atoms with Crippen molar-refractivity contribution in [2.45, 2.75) is 132 Å². The van der Waals surface area contributed by atoms with Gasteiger partial charge in [0.2, 0.25) is 0 Å². The molecule has 2 aliphatic heterocycles. The van der Waals surface area contributed by atoms with Crippen LogP contribution in [0.25, 0.3) is 0 Å². The van der Waals surface area contributed by atoms with Gasteiger partial charge in [-0.2, -0.15) is 0 Å². The normalized spacial score (nSPS) is 16.7. The topological polar surface area (TPSA) is 13.0 Å². The summed E-state index contributed by atoms with van der Waals surface area (Å²) in [6, 6.07) is 13.9. The summed E-state index contributed by atoms with van der Waals surface area (Å²) in [5.41, 5.74) is 8.40. The highest BCUT2D eigenvalue weighted by Crippen LogP contribution is 2.62. The van der Waals surface area contributed by atoms with Gasteiger partial charge in [0.15, 0.2) is 0 Å². The first-order chi connectivity index (χ1) is 19.5. The Bertz CT molecular complexity index is 1160. The molecule has 2 aromatic rings. The van der Waals surface area contributed by atoms with Gasteiger partial charge in [0.1, 0.15) is 8.10 Å². The number of benzene rings is 2. The van der Waals surface area contributed by atoms with Crippen LogP contribution >= 0.6 is 8.10 Å². The molecule has 0 atom stereocenters. The maximum absolute atomic E-state index is 2.66. The van der Waals surface area contributed by atoms with Crippen LogP contribution in [0.5, 0.6) is 0 Å². The van der Waals surface area contributed by atoms with E-state index in [2.05, 4.69) is 177 Å². The first-order valence-electron chi connectivity index (χ1n) is 16.0. The van der Waals surface area contributed by atoms with Crippen LogP contribution in [0, 0.1) is 0 Å². The largest absolute Gasteiger partial charge is 0.457 e. The van der Waals surface area contributed by atoms with E-state index in [4.69, 9.17) is 0 Å². The zero-order chi connectivity index (χ0) is 31.3. The average Bonchev–Trinajstić information content (AvgIpc) is 3.51. The van der Waals surface area contributed by atoms with Crippen LogP contribution in [-0.4, -0.2) is 27.1 Å². The van der Waals surface area contributed by atoms with E-state index in [1.807, 2.05) is 0 Å². The monoisotopic (exact) mass is 586 g/mol. The summed E-state index contributed by atoms with van der Waals surface area (Å²) in [7, 11) is -0.857. The molecular formula is C36H56BN4P. The smallest absolute Gasteiger partial charge is 0.364 e. The molecule has 42 heavy (non-hydrogen) atoms. The van der Waals surface area contributed by atoms with Crippen molar-refractivity contribution in [2.24, 2.45) is 0 Å². The Kier molecular flexibility index (Phi) is 9.26. The molecule has 228 valence electrons. The van der Waals surface area contributed by atoms with Gasteiger partial charge in [0, 0.05) is 47.3 Å². The molecule has 0 saturated carbocycles. The van der Waals surface area contributed by atoms with Crippen molar-refractivity contribution in [2.75, 3.05) is 9.62 Å². The van der Waals surface area contributed by atoms with Crippen LogP contribution in [0.15, 0.2) is 61.2 Å². The van der Waals surface area contributed by atoms with E-state index in [1.54, 1.807) is 0 Å². The highest BCUT2D eigenvalue weighted by Gasteiger charge is 2.54. The van der Waals surface area contributed by atoms with Crippen molar-refractivity contribution in [3.05, 3.63) is 83.5 Å². The van der Waals surface area contributed by atoms with E-state index < -0.39 is 8.10 Å². The molecule has 0 radical (unpaired) electrons. The van der Waals surface area contributed by atoms with E-state index in [0.717, 1.165) is 0 Å². The van der Waals surface area contributed by atoms with Crippen molar-refractivity contribution in [1.29, 1.82) is 0 Å². The van der Waals surface area contributed by atoms with Crippen LogP contribution in [0.1, 0.15) is 143 Å². The van der Waals surface area contributed by atoms with Crippen LogP contribution in [-0.2, 0) is 0 Å². The fourth-order valence-corrected chi connectivity index (χ4v) is 9.41. The van der Waals surface area contributed by atoms with Crippen LogP contribution in [0.4, 0.5) is 11.4 Å². The van der Waals surface area contributed by atoms with Crippen molar-refractivity contribution in [3.8, 4) is 0 Å². The Morgan fingerprint density at radius 3 is 1.02 bits per heavy atom. The lowest BCUT2D eigenvalue weighted by molar-refractivity contribution is 0.316. The van der Waals surface area contributed by atoms with E-state index in [0.29, 0.717) is 23.7 Å². The van der Waals surface area contributed by atoms with E-state index in [9.17, 15) is 0 Å². The third-order valence-corrected chi connectivity index (χ3v) is 11.7. The lowest BCUT2D eigenvalue weighted by atomic mass is 9.87. The van der Waals surface area contributed by atoms with Gasteiger partial charge in [0.05, 0.1) is 0 Å². The summed E-state index contributed by atoms with van der Waals surface area (Å²) in [6.07, 6.45) is 9.50. The number of rotatable bonds is 7. The number of hydrogen-bond acceptors (Lipinski definition) is 4. The Morgan fingerprint density at radius 1 is 0.500 bits per heavy atom. The molecule has 2 aliphatic rings. The molecule has 0 aliphatic carbocycles. The number of nitrogens with zero attached hydrogens (tertiary/aromatic N) is 4. The van der Waals surface area contributed by atoms with Crippen LogP contribution in [0.3, 0.4) is 0 Å². The van der Waals surface area contributed by atoms with Gasteiger partial charge in [0.25, 0.3) is 0 Å². The Labute approximate surface area is 259 Å². The summed E-state index contributed by atoms with van der Waals surface area (Å²) in [5.74, 6) is 1.68. The van der Waals surface area contributed by atoms with Crippen molar-refractivity contribution >= 4 is 26.2 Å². The number of hydrogen-bond donors (Lipinski definition) is 0. The van der Waals surface area contributed by atoms with E-state index in [1.165, 1.54) is 33.6 Å². The second kappa shape index (κ2) is 12.0. The Hall–Kier alpha value is -2.39. The maximum Gasteiger partial charge on any atom is 0.457 e. The zero-order valence-corrected chi connectivity index (χ0v) is 29.8. The van der Waals surface area contributed by atoms with Crippen LogP contribution < -0.4 is 9.62 Å². The zero-order valence-electron chi connectivity index (χ0n) is 28.9. The lowest BCUT2D eigenvalue weighted by Crippen LogP contribution is -2.52. The SMILES string of the molecule is CC(C)c1cccc(C(C)C)c1N1C=CN(c2c(C(C)C)cccc2C(C)C)B1P1N(C(C)(C)C)C=CN1C(C)(C)C. The second-order valence-corrected chi connectivity index (χ2v) is 17.3. The van der Waals surface area contributed by atoms with Crippen molar-refractivity contribution in [3.63, 3.8) is 0 Å². The molecular weight excluding hydrogens is 530 g/mol. The van der Waals surface area contributed by atoms with Gasteiger partial charge in [-0.25, -0.2) is 0 Å². The molecule has 2 heterocycles. The third kappa shape index (κ3) is 6.01. The lowest BCUT2D eigenvalue weighted by Gasteiger charge is -2.49. The fraction of sp³-hybridized carbons (Fsp3) is 0.556. The van der Waals surface area contributed by atoms with E-state index in [-0.39, 0.29) is 17.8 Å². The molecule has 0 N–H and O–H groups in total. The molecule has 4 rings (SSSR count). The highest BCUT2D eigenvalue weighted by molar-refractivity contribution is 7.88. The molecule has 0 unspecified atom stereocenters. The summed E-state index contributed by atoms with van der Waals surface area (Å²) in [4.78, 5) is 5.31. The van der Waals surface area contributed by atoms with Gasteiger partial charge in [-0.1, -0.05) is 91.8 Å². The predicted octanol–water partition coefficient (Wildman–Crippen LogP) is 11.0. The molecule has 0 bridgehead atoms. The predicted molar refractivity (Wildman–Crippen MR) is 188 cm³/mol. The Balaban J connectivity index is 2.07. The molecule has 6 heteroatoms. The molecule has 4 nitrogen and oxygen atoms in total. The molecule has 0 fully saturated rings. The third-order valence-electron chi connectivity index (χ3n) is 8.46. The first kappa shape index (κ1) is 32.5. The quantitative estimate of drug-likeness (QED) is 0.236. The summed E-state index contributed by atoms with van der Waals surface area (Å²) in [6.45, 7) is 33.0. The standard InChI is InChI=1S/C36H56BN4P/c1-25(2)29-17-15-18-30(26(3)4)33(29)38-21-22-39(34-31(27(5)6)19-16-20-32(34)28(7)8)37(38)42-40(35(9,10)11)23-24-41(42)36(12,13)14/h15-28H,1-14H3. The number of para-hydroxylation sites is 2. The molecule has 0 aromatic heterocycles. The van der Waals surface area contributed by atoms with Gasteiger partial charge >= 0.3 is 6.70 Å². The van der Waals surface area contributed by atoms with Crippen molar-refractivity contribution < 1.29 is 0 Å². The first-order valence-corrected chi connectivity index (χ1v) is 17.3.